The van der Waals surface area contributed by atoms with E-state index in [2.05, 4.69) is 31.3 Å². The highest BCUT2D eigenvalue weighted by Crippen LogP contribution is 2.13. The van der Waals surface area contributed by atoms with Gasteiger partial charge in [0.2, 0.25) is 0 Å². The van der Waals surface area contributed by atoms with Gasteiger partial charge in [0.05, 0.1) is 0 Å². The van der Waals surface area contributed by atoms with Crippen LogP contribution in [0.3, 0.4) is 0 Å². The molecule has 4 nitrogen and oxygen atoms in total. The fourth-order valence-electron chi connectivity index (χ4n) is 1.33. The molecule has 0 aromatic heterocycles. The Kier molecular flexibility index (Phi) is 7.68. The van der Waals surface area contributed by atoms with Crippen LogP contribution in [0.5, 0.6) is 0 Å². The monoisotopic (exact) mass is 213 g/mol. The van der Waals surface area contributed by atoms with Crippen LogP contribution in [-0.2, 0) is 0 Å². The molecule has 0 aromatic carbocycles. The third kappa shape index (κ3) is 10.9. The number of primary amides is 1. The molecule has 4 heteroatoms. The smallest absolute Gasteiger partial charge is 0.332 e. The summed E-state index contributed by atoms with van der Waals surface area (Å²) in [5, 5.41) is 3.70. The zero-order valence-electron chi connectivity index (χ0n) is 9.99. The Labute approximate surface area is 92.3 Å². The van der Waals surface area contributed by atoms with Gasteiger partial charge in [-0.2, -0.15) is 5.10 Å². The van der Waals surface area contributed by atoms with Crippen LogP contribution in [0.2, 0.25) is 0 Å². The van der Waals surface area contributed by atoms with Crippen molar-refractivity contribution in [2.24, 2.45) is 22.7 Å². The van der Waals surface area contributed by atoms with Crippen molar-refractivity contribution >= 4 is 12.2 Å². The van der Waals surface area contributed by atoms with E-state index in [1.165, 1.54) is 19.3 Å². The molecule has 1 unspecified atom stereocenters. The molecular weight excluding hydrogens is 190 g/mol. The van der Waals surface area contributed by atoms with E-state index in [0.29, 0.717) is 5.92 Å². The molecule has 0 rings (SSSR count). The number of amides is 2. The average molecular weight is 213 g/mol. The zero-order valence-corrected chi connectivity index (χ0v) is 9.99. The number of carbonyl (C=O) groups excluding carboxylic acids is 1. The molecular formula is C11H23N3O. The number of urea groups is 1. The summed E-state index contributed by atoms with van der Waals surface area (Å²) in [4.78, 5) is 10.3. The fraction of sp³-hybridized carbons (Fsp3) is 0.818. The first-order chi connectivity index (χ1) is 7.02. The number of hydrogen-bond acceptors (Lipinski definition) is 2. The molecule has 0 radical (unpaired) electrons. The minimum Gasteiger partial charge on any atom is -0.350 e. The average Bonchev–Trinajstić information content (AvgIpc) is 2.11. The minimum atomic E-state index is -0.612. The lowest BCUT2D eigenvalue weighted by Gasteiger charge is -2.09. The Morgan fingerprint density at radius 1 is 1.40 bits per heavy atom. The van der Waals surface area contributed by atoms with E-state index >= 15 is 0 Å². The van der Waals surface area contributed by atoms with Gasteiger partial charge in [0.1, 0.15) is 0 Å². The quantitative estimate of drug-likeness (QED) is 0.495. The van der Waals surface area contributed by atoms with Crippen molar-refractivity contribution in [2.75, 3.05) is 0 Å². The van der Waals surface area contributed by atoms with Crippen molar-refractivity contribution in [3.8, 4) is 0 Å². The lowest BCUT2D eigenvalue weighted by atomic mass is 9.98. The summed E-state index contributed by atoms with van der Waals surface area (Å²) in [7, 11) is 0. The third-order valence-corrected chi connectivity index (χ3v) is 2.25. The standard InChI is InChI=1S/C11H23N3O/c1-9(2)5-4-6-10(3)7-8-13-14-11(12)15/h8-10H,4-7H2,1-3H3,(H3,12,14,15). The molecule has 0 aliphatic carbocycles. The topological polar surface area (TPSA) is 67.5 Å². The van der Waals surface area contributed by atoms with E-state index in [-0.39, 0.29) is 0 Å². The number of carbonyl (C=O) groups is 1. The normalized spacial score (nSPS) is 13.3. The Morgan fingerprint density at radius 3 is 2.60 bits per heavy atom. The summed E-state index contributed by atoms with van der Waals surface area (Å²) in [6.07, 6.45) is 6.35. The van der Waals surface area contributed by atoms with Crippen LogP contribution < -0.4 is 11.2 Å². The maximum atomic E-state index is 10.3. The van der Waals surface area contributed by atoms with Crippen molar-refractivity contribution in [3.63, 3.8) is 0 Å². The van der Waals surface area contributed by atoms with Crippen LogP contribution in [0.4, 0.5) is 4.79 Å². The highest BCUT2D eigenvalue weighted by Gasteiger charge is 2.01. The molecule has 0 aliphatic heterocycles. The Bertz CT molecular complexity index is 202. The first kappa shape index (κ1) is 13.9. The van der Waals surface area contributed by atoms with Gasteiger partial charge in [-0.1, -0.05) is 40.0 Å². The number of hydrazone groups is 1. The van der Waals surface area contributed by atoms with Crippen LogP contribution in [-0.4, -0.2) is 12.2 Å². The number of hydrogen-bond donors (Lipinski definition) is 2. The van der Waals surface area contributed by atoms with Crippen LogP contribution >= 0.6 is 0 Å². The molecule has 0 aliphatic rings. The predicted octanol–water partition coefficient (Wildman–Crippen LogP) is 2.49. The van der Waals surface area contributed by atoms with Crippen molar-refractivity contribution in [1.82, 2.24) is 5.43 Å². The summed E-state index contributed by atoms with van der Waals surface area (Å²) in [6.45, 7) is 6.67. The Morgan fingerprint density at radius 2 is 2.07 bits per heavy atom. The molecule has 1 atom stereocenters. The van der Waals surface area contributed by atoms with Crippen molar-refractivity contribution in [1.29, 1.82) is 0 Å². The third-order valence-electron chi connectivity index (χ3n) is 2.25. The van der Waals surface area contributed by atoms with E-state index in [4.69, 9.17) is 5.73 Å². The van der Waals surface area contributed by atoms with Gasteiger partial charge in [0.15, 0.2) is 0 Å². The SMILES string of the molecule is CC(C)CCCC(C)CC=NNC(N)=O. The van der Waals surface area contributed by atoms with Gasteiger partial charge in [-0.15, -0.1) is 0 Å². The summed E-state index contributed by atoms with van der Waals surface area (Å²) < 4.78 is 0. The molecule has 0 aromatic rings. The highest BCUT2D eigenvalue weighted by atomic mass is 16.2. The van der Waals surface area contributed by atoms with Gasteiger partial charge in [-0.25, -0.2) is 10.2 Å². The van der Waals surface area contributed by atoms with Crippen LogP contribution in [0, 0.1) is 11.8 Å². The molecule has 0 heterocycles. The Hall–Kier alpha value is -1.06. The van der Waals surface area contributed by atoms with Crippen LogP contribution in [0.15, 0.2) is 5.10 Å². The number of nitrogens with one attached hydrogen (secondary N) is 1. The fourth-order valence-corrected chi connectivity index (χ4v) is 1.33. The molecule has 0 saturated carbocycles. The number of nitrogens with two attached hydrogens (primary N) is 1. The maximum absolute atomic E-state index is 10.3. The molecule has 0 saturated heterocycles. The van der Waals surface area contributed by atoms with E-state index < -0.39 is 6.03 Å². The second-order valence-corrected chi connectivity index (χ2v) is 4.45. The largest absolute Gasteiger partial charge is 0.350 e. The molecule has 88 valence electrons. The van der Waals surface area contributed by atoms with Gasteiger partial charge in [0.25, 0.3) is 0 Å². The lowest BCUT2D eigenvalue weighted by molar-refractivity contribution is 0.249. The van der Waals surface area contributed by atoms with Crippen LogP contribution in [0.25, 0.3) is 0 Å². The molecule has 0 fully saturated rings. The van der Waals surface area contributed by atoms with Gasteiger partial charge in [-0.05, 0) is 18.3 Å². The summed E-state index contributed by atoms with van der Waals surface area (Å²) in [5.74, 6) is 1.39. The van der Waals surface area contributed by atoms with Gasteiger partial charge in [0, 0.05) is 6.21 Å². The molecule has 15 heavy (non-hydrogen) atoms. The van der Waals surface area contributed by atoms with Crippen molar-refractivity contribution in [3.05, 3.63) is 0 Å². The predicted molar refractivity (Wildman–Crippen MR) is 63.7 cm³/mol. The minimum absolute atomic E-state index is 0.612. The van der Waals surface area contributed by atoms with Crippen molar-refractivity contribution in [2.45, 2.75) is 46.5 Å². The van der Waals surface area contributed by atoms with Gasteiger partial charge < -0.3 is 5.73 Å². The molecule has 3 N–H and O–H groups in total. The van der Waals surface area contributed by atoms with Gasteiger partial charge >= 0.3 is 6.03 Å². The second-order valence-electron chi connectivity index (χ2n) is 4.45. The van der Waals surface area contributed by atoms with Crippen molar-refractivity contribution < 1.29 is 4.79 Å². The van der Waals surface area contributed by atoms with E-state index in [1.54, 1.807) is 6.21 Å². The van der Waals surface area contributed by atoms with E-state index in [1.807, 2.05) is 0 Å². The molecule has 2 amide bonds. The van der Waals surface area contributed by atoms with Crippen LogP contribution in [0.1, 0.15) is 46.5 Å². The van der Waals surface area contributed by atoms with E-state index in [9.17, 15) is 4.79 Å². The summed E-state index contributed by atoms with van der Waals surface area (Å²) >= 11 is 0. The first-order valence-corrected chi connectivity index (χ1v) is 5.59. The zero-order chi connectivity index (χ0) is 11.7. The number of rotatable bonds is 7. The highest BCUT2D eigenvalue weighted by molar-refractivity contribution is 5.72. The molecule has 0 spiro atoms. The second kappa shape index (κ2) is 8.26. The number of nitrogens with zero attached hydrogens (tertiary/aromatic N) is 1. The molecule has 0 bridgehead atoms. The van der Waals surface area contributed by atoms with Gasteiger partial charge in [-0.3, -0.25) is 0 Å². The summed E-state index contributed by atoms with van der Waals surface area (Å²) in [5.41, 5.74) is 7.04. The van der Waals surface area contributed by atoms with E-state index in [0.717, 1.165) is 12.3 Å². The first-order valence-electron chi connectivity index (χ1n) is 5.59. The summed E-state index contributed by atoms with van der Waals surface area (Å²) in [6, 6.07) is -0.612. The maximum Gasteiger partial charge on any atom is 0.332 e. The Balaban J connectivity index is 3.44. The lowest BCUT2D eigenvalue weighted by Crippen LogP contribution is -2.24.